The summed E-state index contributed by atoms with van der Waals surface area (Å²) in [7, 11) is 0. The summed E-state index contributed by atoms with van der Waals surface area (Å²) in [6.07, 6.45) is 3.03. The van der Waals surface area contributed by atoms with Gasteiger partial charge in [0.05, 0.1) is 0 Å². The first kappa shape index (κ1) is 18.2. The molecule has 2 amide bonds. The van der Waals surface area contributed by atoms with E-state index in [2.05, 4.69) is 17.9 Å². The van der Waals surface area contributed by atoms with E-state index in [1.54, 1.807) is 0 Å². The van der Waals surface area contributed by atoms with Crippen molar-refractivity contribution >= 4 is 23.2 Å². The Balaban J connectivity index is 1.26. The molecule has 5 heteroatoms. The van der Waals surface area contributed by atoms with Crippen molar-refractivity contribution in [2.24, 2.45) is 5.92 Å². The molecule has 0 aromatic heterocycles. The Labute approximate surface area is 171 Å². The normalized spacial score (nSPS) is 21.3. The maximum atomic E-state index is 13.2. The fourth-order valence-corrected chi connectivity index (χ4v) is 4.60. The van der Waals surface area contributed by atoms with Gasteiger partial charge in [0.2, 0.25) is 5.91 Å². The average molecular weight is 389 g/mol. The van der Waals surface area contributed by atoms with Gasteiger partial charge in [-0.15, -0.1) is 0 Å². The molecule has 1 aliphatic carbocycles. The molecule has 3 aliphatic rings. The van der Waals surface area contributed by atoms with Gasteiger partial charge in [-0.3, -0.25) is 9.59 Å². The van der Waals surface area contributed by atoms with Crippen LogP contribution in [-0.2, 0) is 11.2 Å². The molecule has 150 valence electrons. The second-order valence-electron chi connectivity index (χ2n) is 8.49. The number of hydrogen-bond donors (Lipinski definition) is 0. The van der Waals surface area contributed by atoms with Crippen LogP contribution in [-0.4, -0.2) is 48.9 Å². The minimum Gasteiger partial charge on any atom is -0.368 e. The number of para-hydroxylation sites is 1. The number of anilines is 2. The third kappa shape index (κ3) is 3.39. The van der Waals surface area contributed by atoms with E-state index in [9.17, 15) is 9.59 Å². The van der Waals surface area contributed by atoms with Gasteiger partial charge in [-0.2, -0.15) is 0 Å². The van der Waals surface area contributed by atoms with Crippen LogP contribution in [0.3, 0.4) is 0 Å². The zero-order valence-corrected chi connectivity index (χ0v) is 16.9. The average Bonchev–Trinajstić information content (AvgIpc) is 3.55. The van der Waals surface area contributed by atoms with Crippen molar-refractivity contribution in [1.82, 2.24) is 4.90 Å². The summed E-state index contributed by atoms with van der Waals surface area (Å²) >= 11 is 0. The van der Waals surface area contributed by atoms with E-state index >= 15 is 0 Å². The van der Waals surface area contributed by atoms with Crippen molar-refractivity contribution in [3.63, 3.8) is 0 Å². The Morgan fingerprint density at radius 1 is 0.897 bits per heavy atom. The standard InChI is InChI=1S/C24H27N3O2/c1-17-16-20-4-2-3-5-22(20)27(17)24(29)19-8-10-21(11-9-19)25-12-14-26(15-13-25)23(28)18-6-7-18/h2-5,8-11,17-18H,6-7,12-16H2,1H3. The first-order chi connectivity index (χ1) is 14.1. The molecule has 5 rings (SSSR count). The summed E-state index contributed by atoms with van der Waals surface area (Å²) in [5.74, 6) is 0.699. The van der Waals surface area contributed by atoms with E-state index in [1.165, 1.54) is 5.56 Å². The predicted octanol–water partition coefficient (Wildman–Crippen LogP) is 3.34. The van der Waals surface area contributed by atoms with Crippen LogP contribution in [0.15, 0.2) is 48.5 Å². The smallest absolute Gasteiger partial charge is 0.258 e. The van der Waals surface area contributed by atoms with Crippen molar-refractivity contribution in [2.75, 3.05) is 36.0 Å². The Morgan fingerprint density at radius 2 is 1.59 bits per heavy atom. The minimum atomic E-state index is 0.0637. The van der Waals surface area contributed by atoms with Gasteiger partial charge in [0.15, 0.2) is 0 Å². The SMILES string of the molecule is CC1Cc2ccccc2N1C(=O)c1ccc(N2CCN(C(=O)C3CC3)CC2)cc1. The third-order valence-corrected chi connectivity index (χ3v) is 6.42. The second kappa shape index (κ2) is 7.21. The molecule has 0 bridgehead atoms. The molecule has 1 atom stereocenters. The highest BCUT2D eigenvalue weighted by molar-refractivity contribution is 6.07. The highest BCUT2D eigenvalue weighted by atomic mass is 16.2. The van der Waals surface area contributed by atoms with E-state index in [0.29, 0.717) is 11.8 Å². The zero-order valence-electron chi connectivity index (χ0n) is 16.9. The lowest BCUT2D eigenvalue weighted by atomic mass is 10.1. The molecule has 1 saturated carbocycles. The largest absolute Gasteiger partial charge is 0.368 e. The molecule has 5 nitrogen and oxygen atoms in total. The molecular weight excluding hydrogens is 362 g/mol. The van der Waals surface area contributed by atoms with E-state index in [0.717, 1.165) is 62.4 Å². The van der Waals surface area contributed by atoms with Crippen LogP contribution in [0.4, 0.5) is 11.4 Å². The molecule has 1 saturated heterocycles. The number of nitrogens with zero attached hydrogens (tertiary/aromatic N) is 3. The number of amides is 2. The van der Waals surface area contributed by atoms with Crippen LogP contribution in [0.1, 0.15) is 35.7 Å². The third-order valence-electron chi connectivity index (χ3n) is 6.42. The van der Waals surface area contributed by atoms with E-state index < -0.39 is 0 Å². The molecule has 2 heterocycles. The van der Waals surface area contributed by atoms with E-state index in [1.807, 2.05) is 52.3 Å². The number of piperazine rings is 1. The Morgan fingerprint density at radius 3 is 2.28 bits per heavy atom. The van der Waals surface area contributed by atoms with Gasteiger partial charge >= 0.3 is 0 Å². The number of benzene rings is 2. The maximum Gasteiger partial charge on any atom is 0.258 e. The Kier molecular flexibility index (Phi) is 4.53. The molecule has 2 fully saturated rings. The summed E-state index contributed by atoms with van der Waals surface area (Å²) in [6, 6.07) is 16.3. The summed E-state index contributed by atoms with van der Waals surface area (Å²) in [6.45, 7) is 5.38. The number of carbonyl (C=O) groups is 2. The van der Waals surface area contributed by atoms with E-state index in [4.69, 9.17) is 0 Å². The van der Waals surface area contributed by atoms with Crippen LogP contribution in [0.2, 0.25) is 0 Å². The first-order valence-corrected chi connectivity index (χ1v) is 10.7. The molecule has 2 aromatic carbocycles. The Bertz CT molecular complexity index is 927. The van der Waals surface area contributed by atoms with E-state index in [-0.39, 0.29) is 11.9 Å². The lowest BCUT2D eigenvalue weighted by molar-refractivity contribution is -0.132. The molecular formula is C24H27N3O2. The van der Waals surface area contributed by atoms with Crippen molar-refractivity contribution in [3.05, 3.63) is 59.7 Å². The molecule has 29 heavy (non-hydrogen) atoms. The lowest BCUT2D eigenvalue weighted by Crippen LogP contribution is -2.49. The van der Waals surface area contributed by atoms with Crippen molar-refractivity contribution in [2.45, 2.75) is 32.2 Å². The van der Waals surface area contributed by atoms with Crippen molar-refractivity contribution in [1.29, 1.82) is 0 Å². The van der Waals surface area contributed by atoms with Crippen LogP contribution < -0.4 is 9.80 Å². The maximum absolute atomic E-state index is 13.2. The van der Waals surface area contributed by atoms with Gasteiger partial charge in [0.25, 0.3) is 5.91 Å². The molecule has 2 aliphatic heterocycles. The number of carbonyl (C=O) groups excluding carboxylic acids is 2. The van der Waals surface area contributed by atoms with Gasteiger partial charge in [0.1, 0.15) is 0 Å². The van der Waals surface area contributed by atoms with Crippen LogP contribution >= 0.6 is 0 Å². The van der Waals surface area contributed by atoms with Gasteiger partial charge in [0, 0.05) is 55.1 Å². The van der Waals surface area contributed by atoms with Gasteiger partial charge in [-0.25, -0.2) is 0 Å². The van der Waals surface area contributed by atoms with Crippen LogP contribution in [0.5, 0.6) is 0 Å². The fourth-order valence-electron chi connectivity index (χ4n) is 4.60. The summed E-state index contributed by atoms with van der Waals surface area (Å²) in [5.41, 5.74) is 4.11. The van der Waals surface area contributed by atoms with Gasteiger partial charge in [-0.1, -0.05) is 18.2 Å². The summed E-state index contributed by atoms with van der Waals surface area (Å²) in [4.78, 5) is 31.6. The van der Waals surface area contributed by atoms with Gasteiger partial charge < -0.3 is 14.7 Å². The van der Waals surface area contributed by atoms with Crippen LogP contribution in [0, 0.1) is 5.92 Å². The highest BCUT2D eigenvalue weighted by Gasteiger charge is 2.35. The summed E-state index contributed by atoms with van der Waals surface area (Å²) in [5, 5.41) is 0. The molecule has 0 radical (unpaired) electrons. The minimum absolute atomic E-state index is 0.0637. The van der Waals surface area contributed by atoms with Gasteiger partial charge in [-0.05, 0) is 62.1 Å². The predicted molar refractivity (Wildman–Crippen MR) is 114 cm³/mol. The molecule has 2 aromatic rings. The summed E-state index contributed by atoms with van der Waals surface area (Å²) < 4.78 is 0. The zero-order chi connectivity index (χ0) is 20.0. The fraction of sp³-hybridized carbons (Fsp3) is 0.417. The number of hydrogen-bond acceptors (Lipinski definition) is 3. The van der Waals surface area contributed by atoms with Crippen molar-refractivity contribution < 1.29 is 9.59 Å². The second-order valence-corrected chi connectivity index (χ2v) is 8.49. The monoisotopic (exact) mass is 389 g/mol. The van der Waals surface area contributed by atoms with Crippen molar-refractivity contribution in [3.8, 4) is 0 Å². The molecule has 0 spiro atoms. The lowest BCUT2D eigenvalue weighted by Gasteiger charge is -2.36. The first-order valence-electron chi connectivity index (χ1n) is 10.7. The topological polar surface area (TPSA) is 43.9 Å². The quantitative estimate of drug-likeness (QED) is 0.809. The highest BCUT2D eigenvalue weighted by Crippen LogP contribution is 2.34. The molecule has 1 unspecified atom stereocenters. The number of rotatable bonds is 3. The molecule has 0 N–H and O–H groups in total. The number of fused-ring (bicyclic) bond motifs is 1. The van der Waals surface area contributed by atoms with Crippen LogP contribution in [0.25, 0.3) is 0 Å². The Hall–Kier alpha value is -2.82.